The summed E-state index contributed by atoms with van der Waals surface area (Å²) < 4.78 is 11.3. The third kappa shape index (κ3) is 6.72. The molecule has 2 aliphatic rings. The molecule has 2 saturated heterocycles. The number of imide groups is 1. The second-order valence-corrected chi connectivity index (χ2v) is 11.6. The van der Waals surface area contributed by atoms with Crippen LogP contribution in [0.2, 0.25) is 20.1 Å². The maximum Gasteiger partial charge on any atom is 0.280 e. The van der Waals surface area contributed by atoms with E-state index in [0.29, 0.717) is 36.1 Å². The molecule has 3 aromatic rings. The van der Waals surface area contributed by atoms with Crippen LogP contribution in [0.1, 0.15) is 27.2 Å². The van der Waals surface area contributed by atoms with E-state index < -0.39 is 17.9 Å². The van der Waals surface area contributed by atoms with Crippen LogP contribution in [0.15, 0.2) is 63.8 Å². The zero-order valence-corrected chi connectivity index (χ0v) is 27.2. The molecule has 0 aromatic heterocycles. The molecule has 1 N–H and O–H groups in total. The highest BCUT2D eigenvalue weighted by atomic mass is 35.5. The van der Waals surface area contributed by atoms with E-state index in [4.69, 9.17) is 55.9 Å². The normalized spacial score (nSPS) is 19.3. The Balaban J connectivity index is 1.57. The number of nitrogens with one attached hydrogen (secondary N) is 1. The van der Waals surface area contributed by atoms with Crippen molar-refractivity contribution in [2.75, 3.05) is 23.1 Å². The number of aliphatic imine (C=N–C) groups is 1. The summed E-state index contributed by atoms with van der Waals surface area (Å²) in [6, 6.07) is 11.1. The number of amides is 3. The molecule has 0 spiro atoms. The van der Waals surface area contributed by atoms with E-state index in [1.54, 1.807) is 31.2 Å². The molecule has 0 radical (unpaired) electrons. The van der Waals surface area contributed by atoms with E-state index >= 15 is 0 Å². The van der Waals surface area contributed by atoms with Gasteiger partial charge in [0.2, 0.25) is 17.9 Å². The van der Waals surface area contributed by atoms with Crippen LogP contribution in [0.4, 0.5) is 22.7 Å². The minimum atomic E-state index is -1.30. The maximum atomic E-state index is 13.8. The Bertz CT molecular complexity index is 1730. The first kappa shape index (κ1) is 32.5. The van der Waals surface area contributed by atoms with Gasteiger partial charge in [0.05, 0.1) is 45.3 Å². The van der Waals surface area contributed by atoms with Gasteiger partial charge < -0.3 is 9.47 Å². The van der Waals surface area contributed by atoms with Crippen molar-refractivity contribution in [2.45, 2.75) is 33.2 Å². The van der Waals surface area contributed by atoms with E-state index in [1.807, 2.05) is 13.8 Å². The second-order valence-electron chi connectivity index (χ2n) is 9.92. The van der Waals surface area contributed by atoms with Crippen LogP contribution >= 0.6 is 46.4 Å². The largest absolute Gasteiger partial charge is 0.490 e. The number of ether oxygens (including phenoxy) is 2. The van der Waals surface area contributed by atoms with Crippen molar-refractivity contribution in [1.29, 1.82) is 0 Å². The number of amidine groups is 1. The van der Waals surface area contributed by atoms with Gasteiger partial charge in [0.25, 0.3) is 5.91 Å². The van der Waals surface area contributed by atoms with E-state index in [9.17, 15) is 14.4 Å². The molecule has 0 aliphatic carbocycles. The highest BCUT2D eigenvalue weighted by molar-refractivity contribution is 6.43. The number of hydrogen-bond acceptors (Lipinski definition) is 8. The van der Waals surface area contributed by atoms with Gasteiger partial charge in [-0.25, -0.2) is 10.0 Å². The molecule has 11 nitrogen and oxygen atoms in total. The van der Waals surface area contributed by atoms with Crippen LogP contribution in [-0.2, 0) is 14.4 Å². The summed E-state index contributed by atoms with van der Waals surface area (Å²) in [4.78, 5) is 44.7. The zero-order chi connectivity index (χ0) is 32.4. The first-order chi connectivity index (χ1) is 21.5. The molecule has 3 amide bonds. The van der Waals surface area contributed by atoms with Crippen LogP contribution in [0.25, 0.3) is 0 Å². The second kappa shape index (κ2) is 13.6. The summed E-state index contributed by atoms with van der Waals surface area (Å²) in [6.45, 7) is 6.22. The Morgan fingerprint density at radius 2 is 1.56 bits per heavy atom. The summed E-state index contributed by atoms with van der Waals surface area (Å²) in [5.41, 5.74) is 3.88. The van der Waals surface area contributed by atoms with Crippen molar-refractivity contribution >= 4 is 92.7 Å². The number of azo groups is 1. The summed E-state index contributed by atoms with van der Waals surface area (Å²) in [5.74, 6) is -0.702. The van der Waals surface area contributed by atoms with Crippen LogP contribution in [-0.4, -0.2) is 42.8 Å². The van der Waals surface area contributed by atoms with Crippen LogP contribution < -0.4 is 24.8 Å². The topological polar surface area (TPSA) is 125 Å². The third-order valence-electron chi connectivity index (χ3n) is 6.76. The van der Waals surface area contributed by atoms with Gasteiger partial charge in [0, 0.05) is 23.4 Å². The molecule has 2 unspecified atom stereocenters. The number of carbonyl (C=O) groups is 3. The Hall–Kier alpha value is -3.90. The molecule has 0 bridgehead atoms. The average molecular weight is 692 g/mol. The van der Waals surface area contributed by atoms with Crippen LogP contribution in [0.5, 0.6) is 11.5 Å². The van der Waals surface area contributed by atoms with Crippen molar-refractivity contribution in [1.82, 2.24) is 5.43 Å². The molecule has 0 saturated carbocycles. The van der Waals surface area contributed by atoms with Crippen LogP contribution in [0, 0.1) is 5.92 Å². The van der Waals surface area contributed by atoms with Gasteiger partial charge in [0.1, 0.15) is 5.69 Å². The van der Waals surface area contributed by atoms with Crippen molar-refractivity contribution in [3.8, 4) is 11.5 Å². The van der Waals surface area contributed by atoms with E-state index in [0.717, 1.165) is 9.91 Å². The van der Waals surface area contributed by atoms with Gasteiger partial charge in [-0.15, -0.1) is 0 Å². The lowest BCUT2D eigenvalue weighted by molar-refractivity contribution is -0.122. The number of nitrogens with zero attached hydrogens (tertiary/aromatic N) is 5. The molecule has 15 heteroatoms. The van der Waals surface area contributed by atoms with Gasteiger partial charge in [-0.2, -0.15) is 10.2 Å². The lowest BCUT2D eigenvalue weighted by Gasteiger charge is -2.19. The highest BCUT2D eigenvalue weighted by Gasteiger charge is 2.41. The molecule has 2 aliphatic heterocycles. The fourth-order valence-electron chi connectivity index (χ4n) is 4.71. The number of anilines is 2. The number of benzene rings is 3. The fraction of sp³-hybridized carbons (Fsp3) is 0.267. The summed E-state index contributed by atoms with van der Waals surface area (Å²) in [5, 5.41) is 10.4. The lowest BCUT2D eigenvalue weighted by Crippen LogP contribution is -2.36. The predicted octanol–water partition coefficient (Wildman–Crippen LogP) is 7.73. The molecule has 45 heavy (non-hydrogen) atoms. The zero-order valence-electron chi connectivity index (χ0n) is 24.2. The quantitative estimate of drug-likeness (QED) is 0.181. The van der Waals surface area contributed by atoms with Crippen molar-refractivity contribution in [2.24, 2.45) is 21.1 Å². The lowest BCUT2D eigenvalue weighted by atomic mass is 10.1. The number of carbonyl (C=O) groups excluding carboxylic acids is 3. The molecule has 2 fully saturated rings. The molecule has 2 heterocycles. The van der Waals surface area contributed by atoms with Gasteiger partial charge in [-0.3, -0.25) is 24.7 Å². The summed E-state index contributed by atoms with van der Waals surface area (Å²) >= 11 is 25.5. The Labute approximate surface area is 278 Å². The average Bonchev–Trinajstić information content (AvgIpc) is 3.42. The monoisotopic (exact) mass is 690 g/mol. The molecule has 234 valence electrons. The van der Waals surface area contributed by atoms with Gasteiger partial charge in [0.15, 0.2) is 17.3 Å². The minimum absolute atomic E-state index is 0.0216. The summed E-state index contributed by atoms with van der Waals surface area (Å²) in [6.07, 6.45) is 0.0952. The van der Waals surface area contributed by atoms with Crippen molar-refractivity contribution in [3.05, 3.63) is 68.6 Å². The van der Waals surface area contributed by atoms with E-state index in [2.05, 4.69) is 20.6 Å². The number of rotatable bonds is 9. The smallest absolute Gasteiger partial charge is 0.280 e. The standard InChI is InChI=1S/C30H26Cl4N6O5/c1-4-44-23-9-6-17(13-24(23)45-5-2)36-37-26-28(38-40(30(26)43)27-20(33)11-16(31)12-21(27)34)35-22-14-18(7-8-19(22)32)39-25(41)10-15(3)29(39)42/h6-9,11-15,26H,4-5,10H2,1-3H3,(H,35,38). The Morgan fingerprint density at radius 1 is 0.867 bits per heavy atom. The maximum absolute atomic E-state index is 13.8. The number of hydrogen-bond donors (Lipinski definition) is 1. The molecular formula is C30H26Cl4N6O5. The third-order valence-corrected chi connectivity index (χ3v) is 7.88. The van der Waals surface area contributed by atoms with Crippen molar-refractivity contribution < 1.29 is 23.9 Å². The van der Waals surface area contributed by atoms with Gasteiger partial charge >= 0.3 is 0 Å². The molecule has 2 atom stereocenters. The fourth-order valence-corrected chi connectivity index (χ4v) is 5.86. The molecule has 5 rings (SSSR count). The van der Waals surface area contributed by atoms with Crippen molar-refractivity contribution in [3.63, 3.8) is 0 Å². The van der Waals surface area contributed by atoms with E-state index in [-0.39, 0.29) is 55.5 Å². The number of hydrazine groups is 1. The first-order valence-corrected chi connectivity index (χ1v) is 15.3. The molecular weight excluding hydrogens is 666 g/mol. The highest BCUT2D eigenvalue weighted by Crippen LogP contribution is 2.39. The summed E-state index contributed by atoms with van der Waals surface area (Å²) in [7, 11) is 0. The Morgan fingerprint density at radius 3 is 2.20 bits per heavy atom. The number of halogens is 4. The molecule has 3 aromatic carbocycles. The first-order valence-electron chi connectivity index (χ1n) is 13.8. The predicted molar refractivity (Wildman–Crippen MR) is 174 cm³/mol. The van der Waals surface area contributed by atoms with E-state index in [1.165, 1.54) is 24.3 Å². The SMILES string of the molecule is CCOc1ccc(N=NC2C(=O)N(c3c(Cl)cc(Cl)cc3Cl)NC2=Nc2cc(N3C(=O)CC(C)C3=O)ccc2Cl)cc1OCC. The Kier molecular flexibility index (Phi) is 9.83. The van der Waals surface area contributed by atoms with Gasteiger partial charge in [-0.1, -0.05) is 53.3 Å². The van der Waals surface area contributed by atoms with Crippen LogP contribution in [0.3, 0.4) is 0 Å². The minimum Gasteiger partial charge on any atom is -0.490 e. The van der Waals surface area contributed by atoms with Gasteiger partial charge in [-0.05, 0) is 56.3 Å².